The maximum absolute atomic E-state index is 12.8. The maximum Gasteiger partial charge on any atom is 0.331 e. The highest BCUT2D eigenvalue weighted by molar-refractivity contribution is 7.53. The lowest BCUT2D eigenvalue weighted by molar-refractivity contribution is 0.216. The van der Waals surface area contributed by atoms with Gasteiger partial charge in [-0.25, -0.2) is 0 Å². The van der Waals surface area contributed by atoms with Crippen LogP contribution < -0.4 is 0 Å². The molecular formula is C24H47O3P. The molecule has 0 aromatic heterocycles. The highest BCUT2D eigenvalue weighted by Gasteiger charge is 2.23. The highest BCUT2D eigenvalue weighted by Crippen LogP contribution is 2.49. The van der Waals surface area contributed by atoms with Gasteiger partial charge in [0.05, 0.1) is 12.8 Å². The van der Waals surface area contributed by atoms with E-state index < -0.39 is 7.60 Å². The zero-order valence-corrected chi connectivity index (χ0v) is 20.0. The van der Waals surface area contributed by atoms with Gasteiger partial charge in [0.2, 0.25) is 0 Å². The molecule has 3 nitrogen and oxygen atoms in total. The van der Waals surface area contributed by atoms with E-state index in [1.807, 2.05) is 0 Å². The van der Waals surface area contributed by atoms with Gasteiger partial charge < -0.3 is 4.52 Å². The smallest absolute Gasteiger partial charge is 0.309 e. The Labute approximate surface area is 176 Å². The van der Waals surface area contributed by atoms with Gasteiger partial charge >= 0.3 is 7.60 Å². The Kier molecular flexibility index (Phi) is 21.2. The van der Waals surface area contributed by atoms with Crippen molar-refractivity contribution in [2.75, 3.05) is 19.4 Å². The summed E-state index contributed by atoms with van der Waals surface area (Å²) in [6.07, 6.45) is 19.6. The Morgan fingerprint density at radius 3 is 1.75 bits per heavy atom. The van der Waals surface area contributed by atoms with Gasteiger partial charge in [-0.2, -0.15) is 0 Å². The van der Waals surface area contributed by atoms with Crippen molar-refractivity contribution in [1.29, 1.82) is 0 Å². The monoisotopic (exact) mass is 414 g/mol. The van der Waals surface area contributed by atoms with E-state index in [4.69, 9.17) is 9.05 Å². The molecule has 0 radical (unpaired) electrons. The minimum absolute atomic E-state index is 0.230. The number of hydrogen-bond acceptors (Lipinski definition) is 3. The Morgan fingerprint density at radius 2 is 1.14 bits per heavy atom. The third kappa shape index (κ3) is 19.0. The molecule has 166 valence electrons. The standard InChI is InChI=1S/C24H47O3P/c1-4-7-10-12-13-14-15-16-17-19-21-23-27-28(25,24-9-6-3)26-22-20-18-11-8-5-2/h4-18,20,22-24H2,1-3H3. The van der Waals surface area contributed by atoms with E-state index in [-0.39, 0.29) is 6.61 Å². The summed E-state index contributed by atoms with van der Waals surface area (Å²) in [6.45, 7) is 7.33. The second kappa shape index (κ2) is 21.4. The van der Waals surface area contributed by atoms with Crippen molar-refractivity contribution >= 4 is 7.60 Å². The molecule has 0 heterocycles. The molecule has 0 aliphatic carbocycles. The van der Waals surface area contributed by atoms with Crippen LogP contribution >= 0.6 is 7.60 Å². The maximum atomic E-state index is 12.8. The van der Waals surface area contributed by atoms with E-state index in [1.165, 1.54) is 64.2 Å². The van der Waals surface area contributed by atoms with Crippen molar-refractivity contribution in [1.82, 2.24) is 0 Å². The summed E-state index contributed by atoms with van der Waals surface area (Å²) in [4.78, 5) is 0. The van der Waals surface area contributed by atoms with Crippen LogP contribution in [0.1, 0.15) is 124 Å². The fraction of sp³-hybridized carbons (Fsp3) is 0.917. The fourth-order valence-corrected chi connectivity index (χ4v) is 4.75. The average Bonchev–Trinajstić information content (AvgIpc) is 2.70. The Morgan fingerprint density at radius 1 is 0.607 bits per heavy atom. The predicted molar refractivity (Wildman–Crippen MR) is 123 cm³/mol. The number of unbranched alkanes of at least 4 members (excludes halogenated alkanes) is 13. The van der Waals surface area contributed by atoms with Gasteiger partial charge in [-0.1, -0.05) is 104 Å². The van der Waals surface area contributed by atoms with Crippen LogP contribution in [-0.4, -0.2) is 19.4 Å². The van der Waals surface area contributed by atoms with E-state index in [0.29, 0.717) is 12.8 Å². The lowest BCUT2D eigenvalue weighted by Gasteiger charge is -2.17. The topological polar surface area (TPSA) is 35.5 Å². The number of hydrogen-bond donors (Lipinski definition) is 0. The first kappa shape index (κ1) is 27.7. The van der Waals surface area contributed by atoms with Gasteiger partial charge in [0, 0.05) is 6.42 Å². The molecule has 0 rings (SSSR count). The van der Waals surface area contributed by atoms with Crippen LogP contribution in [-0.2, 0) is 13.6 Å². The molecule has 0 aromatic rings. The summed E-state index contributed by atoms with van der Waals surface area (Å²) in [7, 11) is -2.97. The molecule has 0 fully saturated rings. The van der Waals surface area contributed by atoms with Gasteiger partial charge in [0.15, 0.2) is 0 Å². The van der Waals surface area contributed by atoms with E-state index >= 15 is 0 Å². The molecule has 0 N–H and O–H groups in total. The molecule has 0 amide bonds. The zero-order valence-electron chi connectivity index (χ0n) is 19.1. The molecule has 0 spiro atoms. The molecule has 0 aromatic carbocycles. The summed E-state index contributed by atoms with van der Waals surface area (Å²) < 4.78 is 24.1. The molecule has 0 bridgehead atoms. The van der Waals surface area contributed by atoms with E-state index in [2.05, 4.69) is 32.6 Å². The number of rotatable bonds is 20. The van der Waals surface area contributed by atoms with Crippen molar-refractivity contribution in [3.8, 4) is 11.8 Å². The molecule has 28 heavy (non-hydrogen) atoms. The summed E-state index contributed by atoms with van der Waals surface area (Å²) in [5.41, 5.74) is 0. The predicted octanol–water partition coefficient (Wildman–Crippen LogP) is 8.52. The van der Waals surface area contributed by atoms with E-state index in [9.17, 15) is 4.57 Å². The first-order valence-corrected chi connectivity index (χ1v) is 13.7. The summed E-state index contributed by atoms with van der Waals surface area (Å²) in [6, 6.07) is 0. The van der Waals surface area contributed by atoms with Gasteiger partial charge in [-0.3, -0.25) is 9.09 Å². The van der Waals surface area contributed by atoms with Crippen molar-refractivity contribution in [2.24, 2.45) is 0 Å². The van der Waals surface area contributed by atoms with Crippen molar-refractivity contribution in [3.63, 3.8) is 0 Å². The Balaban J connectivity index is 3.86. The summed E-state index contributed by atoms with van der Waals surface area (Å²) in [5, 5.41) is 0. The van der Waals surface area contributed by atoms with Crippen LogP contribution in [0.2, 0.25) is 0 Å². The average molecular weight is 415 g/mol. The van der Waals surface area contributed by atoms with Crippen LogP contribution in [0, 0.1) is 11.8 Å². The van der Waals surface area contributed by atoms with Crippen LogP contribution in [0.25, 0.3) is 0 Å². The molecule has 0 aliphatic rings. The van der Waals surface area contributed by atoms with Gasteiger partial charge in [0.1, 0.15) is 6.61 Å². The van der Waals surface area contributed by atoms with Crippen molar-refractivity contribution in [2.45, 2.75) is 124 Å². The first-order chi connectivity index (χ1) is 13.7. The SMILES string of the molecule is CCCCCCCCCCC#CCOP(=O)(CCCC)OCCCCCCC. The molecule has 1 unspecified atom stereocenters. The third-order valence-corrected chi connectivity index (χ3v) is 6.90. The van der Waals surface area contributed by atoms with Crippen LogP contribution in [0.5, 0.6) is 0 Å². The molecule has 0 saturated carbocycles. The van der Waals surface area contributed by atoms with Crippen molar-refractivity contribution < 1.29 is 13.6 Å². The fourth-order valence-electron chi connectivity index (χ4n) is 3.04. The Bertz CT molecular complexity index is 425. The van der Waals surface area contributed by atoms with E-state index in [1.54, 1.807) is 0 Å². The van der Waals surface area contributed by atoms with Gasteiger partial charge in [0.25, 0.3) is 0 Å². The normalized spacial score (nSPS) is 13.1. The lowest BCUT2D eigenvalue weighted by atomic mass is 10.1. The molecule has 4 heteroatoms. The second-order valence-electron chi connectivity index (χ2n) is 7.79. The molecule has 1 atom stereocenters. The first-order valence-electron chi connectivity index (χ1n) is 12.0. The van der Waals surface area contributed by atoms with Gasteiger partial charge in [-0.15, -0.1) is 5.92 Å². The van der Waals surface area contributed by atoms with E-state index in [0.717, 1.165) is 38.5 Å². The van der Waals surface area contributed by atoms with Gasteiger partial charge in [-0.05, 0) is 19.3 Å². The quantitative estimate of drug-likeness (QED) is 0.114. The summed E-state index contributed by atoms with van der Waals surface area (Å²) >= 11 is 0. The molecule has 0 aliphatic heterocycles. The largest absolute Gasteiger partial charge is 0.331 e. The lowest BCUT2D eigenvalue weighted by Crippen LogP contribution is -2.02. The van der Waals surface area contributed by atoms with Crippen LogP contribution in [0.4, 0.5) is 0 Å². The minimum Gasteiger partial charge on any atom is -0.309 e. The third-order valence-electron chi connectivity index (χ3n) is 4.94. The van der Waals surface area contributed by atoms with Crippen LogP contribution in [0.15, 0.2) is 0 Å². The van der Waals surface area contributed by atoms with Crippen LogP contribution in [0.3, 0.4) is 0 Å². The zero-order chi connectivity index (χ0) is 20.8. The second-order valence-corrected chi connectivity index (χ2v) is 9.97. The molecule has 0 saturated heterocycles. The van der Waals surface area contributed by atoms with Crippen molar-refractivity contribution in [3.05, 3.63) is 0 Å². The summed E-state index contributed by atoms with van der Waals surface area (Å²) in [5.74, 6) is 6.19. The molecular weight excluding hydrogens is 367 g/mol. The highest BCUT2D eigenvalue weighted by atomic mass is 31.2. The Hall–Kier alpha value is -0.290. The minimum atomic E-state index is -2.97.